The SMILES string of the molecule is C/C(=C\C[C@H](O[Si](C)(C)C(C)(C)C)/C(C)=C/c1csc(C)n1)CCC[C@H](C)[C@H](O[Si](C)(C)C(C)(C)C)[C@@H](Cc1ccccc1)C(=O)C(C)(C)[C@H](CCO)O[Si](C)(C)C(C)(C)C. The molecule has 0 spiro atoms. The average molecular weight is 915 g/mol. The third-order valence-electron chi connectivity index (χ3n) is 14.6. The molecule has 1 N–H and O–H groups in total. The van der Waals surface area contributed by atoms with E-state index >= 15 is 4.79 Å². The molecule has 1 aromatic carbocycles. The maximum atomic E-state index is 15.5. The summed E-state index contributed by atoms with van der Waals surface area (Å²) in [6.45, 7) is 47.2. The summed E-state index contributed by atoms with van der Waals surface area (Å²) in [5, 5.41) is 13.6. The molecule has 0 saturated heterocycles. The molecular weight excluding hydrogens is 823 g/mol. The lowest BCUT2D eigenvalue weighted by Gasteiger charge is -2.47. The maximum absolute atomic E-state index is 15.5. The van der Waals surface area contributed by atoms with Gasteiger partial charge >= 0.3 is 0 Å². The smallest absolute Gasteiger partial charge is 0.192 e. The quantitative estimate of drug-likeness (QED) is 0.0884. The van der Waals surface area contributed by atoms with Gasteiger partial charge in [0.1, 0.15) is 5.78 Å². The van der Waals surface area contributed by atoms with Gasteiger partial charge in [0, 0.05) is 23.3 Å². The highest BCUT2D eigenvalue weighted by atomic mass is 32.1. The Bertz CT molecular complexity index is 1730. The van der Waals surface area contributed by atoms with Crippen LogP contribution in [0.2, 0.25) is 54.4 Å². The average Bonchev–Trinajstić information content (AvgIpc) is 3.53. The number of carbonyl (C=O) groups is 1. The first-order valence-electron chi connectivity index (χ1n) is 23.2. The number of ketones is 1. The van der Waals surface area contributed by atoms with Crippen LogP contribution in [0.4, 0.5) is 0 Å². The molecule has 1 heterocycles. The van der Waals surface area contributed by atoms with Crippen molar-refractivity contribution < 1.29 is 23.2 Å². The van der Waals surface area contributed by atoms with Crippen LogP contribution in [0.5, 0.6) is 0 Å². The van der Waals surface area contributed by atoms with E-state index in [0.29, 0.717) is 12.8 Å². The minimum absolute atomic E-state index is 0.0115. The van der Waals surface area contributed by atoms with Gasteiger partial charge in [-0.25, -0.2) is 4.98 Å². The van der Waals surface area contributed by atoms with Gasteiger partial charge in [0.05, 0.1) is 29.0 Å². The molecule has 1 aromatic heterocycles. The summed E-state index contributed by atoms with van der Waals surface area (Å²) < 4.78 is 21.6. The number of hydrogen-bond acceptors (Lipinski definition) is 7. The van der Waals surface area contributed by atoms with Crippen LogP contribution in [0, 0.1) is 24.2 Å². The fourth-order valence-corrected chi connectivity index (χ4v) is 11.9. The van der Waals surface area contributed by atoms with E-state index in [1.807, 2.05) is 6.07 Å². The van der Waals surface area contributed by atoms with E-state index in [1.54, 1.807) is 11.3 Å². The number of aryl methyl sites for hydroxylation is 1. The molecule has 2 aromatic rings. The number of allylic oxidation sites excluding steroid dienone is 1. The van der Waals surface area contributed by atoms with Crippen molar-refractivity contribution in [2.24, 2.45) is 17.3 Å². The molecule has 10 heteroatoms. The van der Waals surface area contributed by atoms with E-state index in [9.17, 15) is 5.11 Å². The van der Waals surface area contributed by atoms with Crippen molar-refractivity contribution in [1.29, 1.82) is 0 Å². The predicted molar refractivity (Wildman–Crippen MR) is 272 cm³/mol. The molecule has 348 valence electrons. The third-order valence-corrected chi connectivity index (χ3v) is 28.8. The normalized spacial score (nSPS) is 17.0. The predicted octanol–water partition coefficient (Wildman–Crippen LogP) is 15.0. The zero-order chi connectivity index (χ0) is 47.0. The lowest BCUT2D eigenvalue weighted by Crippen LogP contribution is -2.55. The number of aliphatic hydroxyl groups is 1. The molecule has 2 rings (SSSR count). The van der Waals surface area contributed by atoms with Crippen LogP contribution in [0.1, 0.15) is 145 Å². The Kier molecular flexibility index (Phi) is 20.2. The number of thiazole rings is 1. The van der Waals surface area contributed by atoms with Crippen LogP contribution >= 0.6 is 11.3 Å². The van der Waals surface area contributed by atoms with Crippen molar-refractivity contribution in [3.8, 4) is 0 Å². The lowest BCUT2D eigenvalue weighted by atomic mass is 9.70. The van der Waals surface area contributed by atoms with Crippen LogP contribution in [0.3, 0.4) is 0 Å². The molecule has 6 nitrogen and oxygen atoms in total. The molecule has 0 amide bonds. The molecule has 0 aliphatic carbocycles. The molecule has 0 radical (unpaired) electrons. The zero-order valence-electron chi connectivity index (χ0n) is 42.9. The van der Waals surface area contributed by atoms with Gasteiger partial charge < -0.3 is 18.4 Å². The minimum Gasteiger partial charge on any atom is -0.413 e. The highest BCUT2D eigenvalue weighted by Crippen LogP contribution is 2.45. The number of rotatable bonds is 23. The Hall–Kier alpha value is -1.51. The summed E-state index contributed by atoms with van der Waals surface area (Å²) in [6, 6.07) is 10.5. The second-order valence-corrected chi connectivity index (χ2v) is 38.6. The van der Waals surface area contributed by atoms with E-state index in [-0.39, 0.29) is 51.5 Å². The topological polar surface area (TPSA) is 77.9 Å². The van der Waals surface area contributed by atoms with Gasteiger partial charge in [-0.2, -0.15) is 0 Å². The number of aromatic nitrogens is 1. The maximum Gasteiger partial charge on any atom is 0.192 e. The second-order valence-electron chi connectivity index (χ2n) is 23.3. The Balaban J connectivity index is 2.53. The second kappa shape index (κ2) is 22.1. The first-order chi connectivity index (χ1) is 27.7. The molecule has 5 atom stereocenters. The molecule has 0 saturated carbocycles. The summed E-state index contributed by atoms with van der Waals surface area (Å²) in [4.78, 5) is 20.2. The first kappa shape index (κ1) is 55.6. The highest BCUT2D eigenvalue weighted by molar-refractivity contribution is 7.09. The Morgan fingerprint density at radius 3 is 1.82 bits per heavy atom. The molecule has 61 heavy (non-hydrogen) atoms. The number of carbonyl (C=O) groups excluding carboxylic acids is 1. The molecule has 0 fully saturated rings. The fraction of sp³-hybridized carbons (Fsp3) is 0.725. The molecule has 0 aliphatic rings. The van der Waals surface area contributed by atoms with Crippen molar-refractivity contribution in [1.82, 2.24) is 4.98 Å². The van der Waals surface area contributed by atoms with E-state index < -0.39 is 36.5 Å². The summed E-state index contributed by atoms with van der Waals surface area (Å²) in [7, 11) is -6.64. The molecule has 0 aliphatic heterocycles. The monoisotopic (exact) mass is 914 g/mol. The van der Waals surface area contributed by atoms with Crippen LogP contribution < -0.4 is 0 Å². The van der Waals surface area contributed by atoms with Crippen LogP contribution in [0.25, 0.3) is 6.08 Å². The van der Waals surface area contributed by atoms with Gasteiger partial charge in [-0.3, -0.25) is 4.79 Å². The minimum atomic E-state index is -2.33. The van der Waals surface area contributed by atoms with E-state index in [1.165, 1.54) is 11.1 Å². The summed E-state index contributed by atoms with van der Waals surface area (Å²) in [5.74, 6) is -0.0783. The third kappa shape index (κ3) is 16.2. The number of Topliss-reactive ketones (excluding diaryl/α,β-unsaturated/α-hetero) is 1. The Labute approximate surface area is 382 Å². The van der Waals surface area contributed by atoms with Crippen molar-refractivity contribution >= 4 is 48.1 Å². The van der Waals surface area contributed by atoms with Gasteiger partial charge in [0.25, 0.3) is 0 Å². The molecule has 0 bridgehead atoms. The van der Waals surface area contributed by atoms with E-state index in [0.717, 1.165) is 41.9 Å². The van der Waals surface area contributed by atoms with Crippen molar-refractivity contribution in [3.63, 3.8) is 0 Å². The van der Waals surface area contributed by atoms with Crippen LogP contribution in [0.15, 0.2) is 52.9 Å². The van der Waals surface area contributed by atoms with E-state index in [2.05, 4.69) is 185 Å². The van der Waals surface area contributed by atoms with Gasteiger partial charge in [0.2, 0.25) is 0 Å². The van der Waals surface area contributed by atoms with Crippen molar-refractivity contribution in [2.45, 2.75) is 215 Å². The Morgan fingerprint density at radius 1 is 0.803 bits per heavy atom. The fourth-order valence-electron chi connectivity index (χ4n) is 7.10. The van der Waals surface area contributed by atoms with Gasteiger partial charge in [-0.15, -0.1) is 11.3 Å². The summed E-state index contributed by atoms with van der Waals surface area (Å²) in [5.41, 5.74) is 3.88. The summed E-state index contributed by atoms with van der Waals surface area (Å²) >= 11 is 1.68. The van der Waals surface area contributed by atoms with E-state index in [4.69, 9.17) is 18.3 Å². The van der Waals surface area contributed by atoms with Crippen LogP contribution in [-0.4, -0.2) is 65.7 Å². The molecular formula is C51H91NO5SSi3. The number of benzene rings is 1. The van der Waals surface area contributed by atoms with Crippen LogP contribution in [-0.2, 0) is 24.5 Å². The van der Waals surface area contributed by atoms with Gasteiger partial charge in [0.15, 0.2) is 25.0 Å². The van der Waals surface area contributed by atoms with Crippen molar-refractivity contribution in [3.05, 3.63) is 69.2 Å². The highest BCUT2D eigenvalue weighted by Gasteiger charge is 2.50. The summed E-state index contributed by atoms with van der Waals surface area (Å²) in [6.07, 6.45) is 8.65. The first-order valence-corrected chi connectivity index (χ1v) is 32.8. The van der Waals surface area contributed by atoms with Gasteiger partial charge in [-0.1, -0.05) is 125 Å². The number of hydrogen-bond donors (Lipinski definition) is 1. The lowest BCUT2D eigenvalue weighted by molar-refractivity contribution is -0.141. The standard InChI is InChI=1S/C51H91NO5SSi3/c1-37(30-31-44(55-59(16,17)48(5,6)7)39(3)34-42-36-58-40(4)52-42)26-25-27-38(2)46(57-61(20,21)50(11,12)13)43(35-41-28-23-22-24-29-41)47(54)51(14,15)45(32-33-53)56-60(18,19)49(8,9)10/h22-24,28-30,34,36,38,43-46,53H,25-27,31-33,35H2,1-21H3/b37-30+,39-34+/t38-,43+,44-,45-,46-/m0/s1. The largest absolute Gasteiger partial charge is 0.413 e. The van der Waals surface area contributed by atoms with Crippen molar-refractivity contribution in [2.75, 3.05) is 6.61 Å². The number of aliphatic hydroxyl groups excluding tert-OH is 1. The Morgan fingerprint density at radius 2 is 1.33 bits per heavy atom. The van der Waals surface area contributed by atoms with Gasteiger partial charge in [-0.05, 0) is 137 Å². The zero-order valence-corrected chi connectivity index (χ0v) is 46.7. The number of nitrogens with zero attached hydrogens (tertiary/aromatic N) is 1. The molecule has 0 unspecified atom stereocenters.